The molecule has 0 unspecified atom stereocenters. The lowest BCUT2D eigenvalue weighted by Crippen LogP contribution is -2.62. The Balaban J connectivity index is 0.691. The van der Waals surface area contributed by atoms with Gasteiger partial charge >= 0.3 is 0 Å². The third-order valence-electron chi connectivity index (χ3n) is 16.2. The molecule has 7 aliphatic rings. The molecule has 10 rings (SSSR count). The molecule has 5 saturated heterocycles. The van der Waals surface area contributed by atoms with Crippen molar-refractivity contribution in [2.45, 2.75) is 95.9 Å². The third kappa shape index (κ3) is 8.22. The number of benzene rings is 3. The van der Waals surface area contributed by atoms with Gasteiger partial charge in [-0.2, -0.15) is 0 Å². The summed E-state index contributed by atoms with van der Waals surface area (Å²) >= 11 is 0. The Hall–Kier alpha value is -5.12. The molecule has 1 aliphatic carbocycles. The zero-order chi connectivity index (χ0) is 45.9. The summed E-state index contributed by atoms with van der Waals surface area (Å²) in [5.41, 5.74) is 3.73. The average Bonchev–Trinajstić information content (AvgIpc) is 3.95. The number of nitrogens with one attached hydrogen (secondary N) is 1. The summed E-state index contributed by atoms with van der Waals surface area (Å²) in [6, 6.07) is 12.8. The minimum atomic E-state index is -0.981. The first-order valence-corrected chi connectivity index (χ1v) is 24.3. The van der Waals surface area contributed by atoms with E-state index < -0.39 is 29.4 Å². The highest BCUT2D eigenvalue weighted by Crippen LogP contribution is 2.62. The molecule has 352 valence electrons. The van der Waals surface area contributed by atoms with Gasteiger partial charge in [0, 0.05) is 113 Å². The average molecular weight is 908 g/mol. The number of nitrogens with zero attached hydrogens (tertiary/aromatic N) is 6. The van der Waals surface area contributed by atoms with Crippen LogP contribution in [-0.2, 0) is 20.9 Å². The molecular formula is C51H63F2N7O6. The van der Waals surface area contributed by atoms with Gasteiger partial charge in [-0.3, -0.25) is 24.5 Å². The number of halogens is 2. The van der Waals surface area contributed by atoms with E-state index in [4.69, 9.17) is 4.74 Å². The van der Waals surface area contributed by atoms with Crippen LogP contribution in [0.15, 0.2) is 48.5 Å². The number of anilines is 3. The number of aliphatic hydroxyl groups is 1. The molecule has 0 radical (unpaired) electrons. The Morgan fingerprint density at radius 2 is 1.41 bits per heavy atom. The molecular weight excluding hydrogens is 845 g/mol. The van der Waals surface area contributed by atoms with Crippen LogP contribution in [0.25, 0.3) is 0 Å². The van der Waals surface area contributed by atoms with Gasteiger partial charge in [0.15, 0.2) is 0 Å². The highest BCUT2D eigenvalue weighted by Gasteiger charge is 2.63. The Kier molecular flexibility index (Phi) is 12.3. The van der Waals surface area contributed by atoms with E-state index in [1.165, 1.54) is 19.1 Å². The van der Waals surface area contributed by atoms with Gasteiger partial charge in [-0.15, -0.1) is 0 Å². The number of β-lactam (4-membered cyclic amide) rings is 1. The summed E-state index contributed by atoms with van der Waals surface area (Å²) in [6.07, 6.45) is 7.01. The van der Waals surface area contributed by atoms with Crippen molar-refractivity contribution in [1.29, 1.82) is 0 Å². The van der Waals surface area contributed by atoms with Gasteiger partial charge in [0.2, 0.25) is 17.7 Å². The van der Waals surface area contributed by atoms with Crippen LogP contribution < -0.4 is 24.8 Å². The van der Waals surface area contributed by atoms with E-state index in [9.17, 15) is 24.3 Å². The van der Waals surface area contributed by atoms with E-state index in [2.05, 4.69) is 31.0 Å². The molecule has 3 aromatic rings. The number of carbonyl (C=O) groups excluding carboxylic acids is 4. The van der Waals surface area contributed by atoms with Crippen molar-refractivity contribution in [3.63, 3.8) is 0 Å². The number of aliphatic hydroxyl groups excluding tert-OH is 1. The van der Waals surface area contributed by atoms with Gasteiger partial charge < -0.3 is 39.2 Å². The Labute approximate surface area is 386 Å². The lowest BCUT2D eigenvalue weighted by Gasteiger charge is -2.55. The van der Waals surface area contributed by atoms with Crippen molar-refractivity contribution >= 4 is 40.7 Å². The normalized spacial score (nSPS) is 24.9. The van der Waals surface area contributed by atoms with Crippen LogP contribution in [0.5, 0.6) is 5.75 Å². The number of amides is 4. The van der Waals surface area contributed by atoms with Crippen molar-refractivity contribution in [3.8, 4) is 5.75 Å². The molecule has 3 aromatic carbocycles. The molecule has 15 heteroatoms. The van der Waals surface area contributed by atoms with Crippen LogP contribution in [0.3, 0.4) is 0 Å². The molecule has 1 spiro atoms. The number of hydrogen-bond donors (Lipinski definition) is 2. The molecule has 1 saturated carbocycles. The van der Waals surface area contributed by atoms with Gasteiger partial charge in [0.25, 0.3) is 5.91 Å². The number of methoxy groups -OCH3 is 1. The first-order chi connectivity index (χ1) is 31.9. The molecule has 0 bridgehead atoms. The second-order valence-electron chi connectivity index (χ2n) is 20.1. The standard InChI is InChI=1S/C51H63F2N7O6/c1-32(61)38-7-6-37(26-41(38)52)60-47(51(50(60)65)15-3-4-16-51)40-27-42(53)44(28-45(40)66-2)58-19-13-34(14-20-58)30-56-23-21-55(22-24-56)29-33-11-17-57(18-12-33)36-5-8-39-35(25-36)31-59(49(39)64)43-9-10-46(62)54-48(43)63/h5-8,25-28,32-34,43,47,61H,3-4,9-24,29-31H2,1-2H3,(H,54,62,63)/t32-,43+,47+/m1/s1. The summed E-state index contributed by atoms with van der Waals surface area (Å²) < 4.78 is 37.4. The number of ether oxygens (including phenoxy) is 1. The Morgan fingerprint density at radius 3 is 2.02 bits per heavy atom. The molecule has 2 N–H and O–H groups in total. The highest BCUT2D eigenvalue weighted by molar-refractivity contribution is 6.07. The van der Waals surface area contributed by atoms with Gasteiger partial charge in [0.1, 0.15) is 23.4 Å². The maximum atomic E-state index is 16.4. The zero-order valence-electron chi connectivity index (χ0n) is 38.3. The van der Waals surface area contributed by atoms with E-state index in [1.54, 1.807) is 35.1 Å². The second-order valence-corrected chi connectivity index (χ2v) is 20.1. The van der Waals surface area contributed by atoms with Crippen LogP contribution in [-0.4, -0.2) is 122 Å². The maximum Gasteiger partial charge on any atom is 0.255 e. The van der Waals surface area contributed by atoms with Crippen molar-refractivity contribution < 1.29 is 37.8 Å². The van der Waals surface area contributed by atoms with Crippen LogP contribution in [0.2, 0.25) is 0 Å². The smallest absolute Gasteiger partial charge is 0.255 e. The van der Waals surface area contributed by atoms with E-state index in [1.807, 2.05) is 12.1 Å². The van der Waals surface area contributed by atoms with E-state index in [0.717, 1.165) is 115 Å². The zero-order valence-corrected chi connectivity index (χ0v) is 38.3. The molecule has 0 aromatic heterocycles. The van der Waals surface area contributed by atoms with Gasteiger partial charge in [-0.05, 0) is 106 Å². The van der Waals surface area contributed by atoms with E-state index in [0.29, 0.717) is 65.9 Å². The molecule has 13 nitrogen and oxygen atoms in total. The summed E-state index contributed by atoms with van der Waals surface area (Å²) in [5.74, 6) is -0.0785. The van der Waals surface area contributed by atoms with Crippen molar-refractivity contribution in [2.24, 2.45) is 17.3 Å². The van der Waals surface area contributed by atoms with Crippen LogP contribution in [0.1, 0.15) is 110 Å². The lowest BCUT2D eigenvalue weighted by molar-refractivity contribution is -0.140. The van der Waals surface area contributed by atoms with Crippen molar-refractivity contribution in [3.05, 3.63) is 82.4 Å². The fraction of sp³-hybridized carbons (Fsp3) is 0.569. The van der Waals surface area contributed by atoms with Crippen molar-refractivity contribution in [1.82, 2.24) is 20.0 Å². The van der Waals surface area contributed by atoms with E-state index >= 15 is 8.78 Å². The summed E-state index contributed by atoms with van der Waals surface area (Å²) in [7, 11) is 1.59. The monoisotopic (exact) mass is 907 g/mol. The first-order valence-electron chi connectivity index (χ1n) is 24.3. The summed E-state index contributed by atoms with van der Waals surface area (Å²) in [4.78, 5) is 64.2. The van der Waals surface area contributed by atoms with Gasteiger partial charge in [-0.25, -0.2) is 8.78 Å². The highest BCUT2D eigenvalue weighted by atomic mass is 19.1. The molecule has 4 amide bonds. The number of rotatable bonds is 11. The SMILES string of the molecule is COc1cc(N2CCC(CN3CCN(CC4CCN(c5ccc6c(c5)CN([C@H]5CCC(=O)NC5=O)C6=O)CC4)CC3)CC2)c(F)cc1[C@@H]1N(c2ccc([C@@H](C)O)c(F)c2)C(=O)C12CCCC2. The minimum absolute atomic E-state index is 0.0703. The number of piperazine rings is 1. The minimum Gasteiger partial charge on any atom is -0.496 e. The van der Waals surface area contributed by atoms with Gasteiger partial charge in [0.05, 0.1) is 30.4 Å². The number of piperidine rings is 3. The lowest BCUT2D eigenvalue weighted by atomic mass is 9.66. The summed E-state index contributed by atoms with van der Waals surface area (Å²) in [5, 5.41) is 12.4. The van der Waals surface area contributed by atoms with Crippen LogP contribution in [0.4, 0.5) is 25.8 Å². The molecule has 3 atom stereocenters. The maximum absolute atomic E-state index is 16.4. The molecule has 6 heterocycles. The predicted octanol–water partition coefficient (Wildman–Crippen LogP) is 6.19. The van der Waals surface area contributed by atoms with Gasteiger partial charge in [-0.1, -0.05) is 18.9 Å². The predicted molar refractivity (Wildman–Crippen MR) is 246 cm³/mol. The quantitative estimate of drug-likeness (QED) is 0.170. The topological polar surface area (TPSA) is 129 Å². The first kappa shape index (κ1) is 44.7. The van der Waals surface area contributed by atoms with Crippen molar-refractivity contribution in [2.75, 3.05) is 87.3 Å². The number of imide groups is 1. The van der Waals surface area contributed by atoms with E-state index in [-0.39, 0.29) is 41.4 Å². The number of hydrogen-bond acceptors (Lipinski definition) is 10. The number of fused-ring (bicyclic) bond motifs is 1. The largest absolute Gasteiger partial charge is 0.496 e. The fourth-order valence-electron chi connectivity index (χ4n) is 12.4. The molecule has 6 fully saturated rings. The molecule has 6 aliphatic heterocycles. The Morgan fingerprint density at radius 1 is 0.773 bits per heavy atom. The van der Waals surface area contributed by atoms with Crippen LogP contribution in [0, 0.1) is 28.9 Å². The third-order valence-corrected chi connectivity index (χ3v) is 16.2. The Bertz CT molecular complexity index is 2370. The number of carbonyl (C=O) groups is 4. The summed E-state index contributed by atoms with van der Waals surface area (Å²) in [6.45, 7) is 11.7. The second kappa shape index (κ2) is 18.2. The van der Waals surface area contributed by atoms with Crippen LogP contribution >= 0.6 is 0 Å². The molecule has 66 heavy (non-hydrogen) atoms. The fourth-order valence-corrected chi connectivity index (χ4v) is 12.4.